The molecule has 1 saturated heterocycles. The molecule has 1 aliphatic rings. The van der Waals surface area contributed by atoms with Crippen LogP contribution >= 0.6 is 0 Å². The first-order valence-electron chi connectivity index (χ1n) is 9.56. The number of benzene rings is 2. The van der Waals surface area contributed by atoms with E-state index in [9.17, 15) is 10.2 Å². The molecule has 1 unspecified atom stereocenters. The molecular weight excluding hydrogens is 376 g/mol. The van der Waals surface area contributed by atoms with Crippen LogP contribution in [0.3, 0.4) is 0 Å². The molecule has 30 heavy (non-hydrogen) atoms. The van der Waals surface area contributed by atoms with E-state index in [2.05, 4.69) is 21.1 Å². The number of nitrogens with zero attached hydrogens (tertiary/aromatic N) is 4. The van der Waals surface area contributed by atoms with Crippen molar-refractivity contribution < 1.29 is 0 Å². The summed E-state index contributed by atoms with van der Waals surface area (Å²) >= 11 is 0. The number of pyridine rings is 1. The van der Waals surface area contributed by atoms with E-state index >= 15 is 0 Å². The molecule has 1 aromatic heterocycles. The molecule has 2 aromatic carbocycles. The third-order valence-electron chi connectivity index (χ3n) is 5.58. The minimum absolute atomic E-state index is 0.190. The Balaban J connectivity index is 1.63. The first-order valence-corrected chi connectivity index (χ1v) is 9.56. The van der Waals surface area contributed by atoms with Crippen LogP contribution in [0.4, 0.5) is 17.2 Å². The molecule has 148 valence electrons. The smallest absolute Gasteiger partial charge is 0.129 e. The normalized spacial score (nSPS) is 18.0. The highest BCUT2D eigenvalue weighted by atomic mass is 16.3. The quantitative estimate of drug-likeness (QED) is 0.381. The second kappa shape index (κ2) is 7.76. The van der Waals surface area contributed by atoms with Crippen LogP contribution < -0.4 is 10.6 Å². The molecule has 0 radical (unpaired) electrons. The van der Waals surface area contributed by atoms with Gasteiger partial charge in [0.1, 0.15) is 16.9 Å². The van der Waals surface area contributed by atoms with Gasteiger partial charge in [-0.2, -0.15) is 5.26 Å². The van der Waals surface area contributed by atoms with Gasteiger partial charge in [-0.15, -0.1) is 4.91 Å². The highest BCUT2D eigenvalue weighted by molar-refractivity contribution is 6.14. The molecule has 0 bridgehead atoms. The SMILES string of the molecule is N#CC1(c2ccccc2)CCN(c2cc(C(=N)c3cc(N=O)ccc3N)ccn2)C1. The van der Waals surface area contributed by atoms with Crippen LogP contribution in [0.25, 0.3) is 0 Å². The van der Waals surface area contributed by atoms with Crippen molar-refractivity contribution >= 4 is 22.9 Å². The number of hydrogen-bond donors (Lipinski definition) is 2. The van der Waals surface area contributed by atoms with Gasteiger partial charge in [0.2, 0.25) is 0 Å². The summed E-state index contributed by atoms with van der Waals surface area (Å²) in [5, 5.41) is 21.4. The Hall–Kier alpha value is -4.05. The molecular formula is C23H20N6O. The van der Waals surface area contributed by atoms with Gasteiger partial charge in [-0.3, -0.25) is 5.41 Å². The minimum Gasteiger partial charge on any atom is -0.398 e. The Kier molecular flexibility index (Phi) is 4.98. The standard InChI is InChI=1S/C23H20N6O/c24-14-23(17-4-2-1-3-5-17)9-11-29(15-23)21-12-16(8-10-27-21)22(26)19-13-18(28-30)6-7-20(19)25/h1-8,10,12-13,26H,9,11,15,25H2. The molecule has 4 rings (SSSR count). The molecule has 3 aromatic rings. The number of anilines is 2. The molecule has 2 heterocycles. The number of nitriles is 1. The molecule has 7 nitrogen and oxygen atoms in total. The Bertz CT molecular complexity index is 1150. The lowest BCUT2D eigenvalue weighted by molar-refractivity contribution is 0.617. The van der Waals surface area contributed by atoms with E-state index in [-0.39, 0.29) is 11.4 Å². The zero-order valence-corrected chi connectivity index (χ0v) is 16.2. The maximum Gasteiger partial charge on any atom is 0.129 e. The van der Waals surface area contributed by atoms with Gasteiger partial charge < -0.3 is 10.6 Å². The second-order valence-electron chi connectivity index (χ2n) is 7.37. The molecule has 0 saturated carbocycles. The largest absolute Gasteiger partial charge is 0.398 e. The maximum atomic E-state index is 10.9. The summed E-state index contributed by atoms with van der Waals surface area (Å²) < 4.78 is 0. The van der Waals surface area contributed by atoms with Gasteiger partial charge >= 0.3 is 0 Å². The van der Waals surface area contributed by atoms with Gasteiger partial charge in [-0.25, -0.2) is 4.98 Å². The van der Waals surface area contributed by atoms with Gasteiger partial charge in [0, 0.05) is 36.1 Å². The fourth-order valence-corrected chi connectivity index (χ4v) is 3.87. The Labute approximate surface area is 174 Å². The zero-order chi connectivity index (χ0) is 21.1. The van der Waals surface area contributed by atoms with E-state index < -0.39 is 5.41 Å². The van der Waals surface area contributed by atoms with Crippen molar-refractivity contribution in [3.8, 4) is 6.07 Å². The number of nitrogen functional groups attached to an aromatic ring is 1. The molecule has 0 aliphatic carbocycles. The summed E-state index contributed by atoms with van der Waals surface area (Å²) in [7, 11) is 0. The molecule has 1 atom stereocenters. The topological polar surface area (TPSA) is 119 Å². The van der Waals surface area contributed by atoms with E-state index in [1.54, 1.807) is 18.3 Å². The lowest BCUT2D eigenvalue weighted by Gasteiger charge is -2.23. The van der Waals surface area contributed by atoms with Crippen molar-refractivity contribution in [1.29, 1.82) is 10.7 Å². The average Bonchev–Trinajstić information content (AvgIpc) is 3.26. The number of aromatic nitrogens is 1. The first kappa shape index (κ1) is 19.3. The van der Waals surface area contributed by atoms with E-state index in [4.69, 9.17) is 11.1 Å². The van der Waals surface area contributed by atoms with E-state index in [0.29, 0.717) is 42.1 Å². The van der Waals surface area contributed by atoms with Crippen molar-refractivity contribution in [3.05, 3.63) is 88.5 Å². The maximum absolute atomic E-state index is 10.9. The fraction of sp³-hybridized carbons (Fsp3) is 0.174. The number of nitrogens with one attached hydrogen (secondary N) is 1. The van der Waals surface area contributed by atoms with Gasteiger partial charge in [0.25, 0.3) is 0 Å². The minimum atomic E-state index is -0.582. The van der Waals surface area contributed by atoms with Crippen LogP contribution in [0.1, 0.15) is 23.1 Å². The molecule has 0 spiro atoms. The average molecular weight is 396 g/mol. The lowest BCUT2D eigenvalue weighted by atomic mass is 9.81. The molecule has 1 aliphatic heterocycles. The van der Waals surface area contributed by atoms with Crippen molar-refractivity contribution in [1.82, 2.24) is 4.98 Å². The van der Waals surface area contributed by atoms with Crippen molar-refractivity contribution in [3.63, 3.8) is 0 Å². The predicted molar refractivity (Wildman–Crippen MR) is 117 cm³/mol. The first-order chi connectivity index (χ1) is 14.6. The van der Waals surface area contributed by atoms with E-state index in [1.165, 1.54) is 12.1 Å². The van der Waals surface area contributed by atoms with Gasteiger partial charge in [-0.05, 0) is 47.5 Å². The van der Waals surface area contributed by atoms with Gasteiger partial charge in [-0.1, -0.05) is 30.3 Å². The third kappa shape index (κ3) is 3.40. The third-order valence-corrected chi connectivity index (χ3v) is 5.58. The predicted octanol–water partition coefficient (Wildman–Crippen LogP) is 4.15. The van der Waals surface area contributed by atoms with Gasteiger partial charge in [0.05, 0.1) is 11.8 Å². The van der Waals surface area contributed by atoms with E-state index in [1.807, 2.05) is 36.4 Å². The fourth-order valence-electron chi connectivity index (χ4n) is 3.87. The summed E-state index contributed by atoms with van der Waals surface area (Å²) in [5.74, 6) is 0.702. The summed E-state index contributed by atoms with van der Waals surface area (Å²) in [5.41, 5.74) is 8.32. The van der Waals surface area contributed by atoms with Crippen LogP contribution in [-0.2, 0) is 5.41 Å². The highest BCUT2D eigenvalue weighted by Gasteiger charge is 2.40. The Morgan fingerprint density at radius 2 is 2.00 bits per heavy atom. The van der Waals surface area contributed by atoms with Crippen molar-refractivity contribution in [2.75, 3.05) is 23.7 Å². The summed E-state index contributed by atoms with van der Waals surface area (Å²) in [4.78, 5) is 17.4. The molecule has 0 amide bonds. The Morgan fingerprint density at radius 1 is 1.20 bits per heavy atom. The molecule has 1 fully saturated rings. The number of nitroso groups, excluding NO2 is 1. The zero-order valence-electron chi connectivity index (χ0n) is 16.2. The monoisotopic (exact) mass is 396 g/mol. The van der Waals surface area contributed by atoms with Crippen LogP contribution in [0.5, 0.6) is 0 Å². The summed E-state index contributed by atoms with van der Waals surface area (Å²) in [6.07, 6.45) is 2.35. The van der Waals surface area contributed by atoms with Crippen LogP contribution in [-0.4, -0.2) is 23.8 Å². The number of hydrogen-bond acceptors (Lipinski definition) is 7. The highest BCUT2D eigenvalue weighted by Crippen LogP contribution is 2.36. The molecule has 3 N–H and O–H groups in total. The molecule has 7 heteroatoms. The number of nitrogens with two attached hydrogens (primary N) is 1. The van der Waals surface area contributed by atoms with Crippen molar-refractivity contribution in [2.45, 2.75) is 11.8 Å². The van der Waals surface area contributed by atoms with Gasteiger partial charge in [0.15, 0.2) is 0 Å². The van der Waals surface area contributed by atoms with Crippen LogP contribution in [0.15, 0.2) is 72.0 Å². The number of rotatable bonds is 5. The Morgan fingerprint density at radius 3 is 2.73 bits per heavy atom. The van der Waals surface area contributed by atoms with Crippen molar-refractivity contribution in [2.24, 2.45) is 5.18 Å². The second-order valence-corrected chi connectivity index (χ2v) is 7.37. The summed E-state index contributed by atoms with van der Waals surface area (Å²) in [6, 6.07) is 20.5. The summed E-state index contributed by atoms with van der Waals surface area (Å²) in [6.45, 7) is 1.23. The van der Waals surface area contributed by atoms with Crippen LogP contribution in [0.2, 0.25) is 0 Å². The van der Waals surface area contributed by atoms with E-state index in [0.717, 1.165) is 5.56 Å². The lowest BCUT2D eigenvalue weighted by Crippen LogP contribution is -2.30. The van der Waals surface area contributed by atoms with Crippen LogP contribution in [0, 0.1) is 21.6 Å².